The minimum Gasteiger partial charge on any atom is -0.117 e. The third-order valence-corrected chi connectivity index (χ3v) is 3.55. The van der Waals surface area contributed by atoms with Crippen LogP contribution in [-0.2, 0) is 6.42 Å². The number of hydrogen-bond acceptors (Lipinski definition) is 0. The first kappa shape index (κ1) is 13.5. The van der Waals surface area contributed by atoms with Crippen molar-refractivity contribution in [3.63, 3.8) is 0 Å². The van der Waals surface area contributed by atoms with Crippen LogP contribution in [0.15, 0.2) is 42.5 Å². The summed E-state index contributed by atoms with van der Waals surface area (Å²) < 4.78 is 0. The van der Waals surface area contributed by atoms with Gasteiger partial charge in [0.25, 0.3) is 0 Å². The molecule has 94 valence electrons. The topological polar surface area (TPSA) is 0 Å². The summed E-state index contributed by atoms with van der Waals surface area (Å²) in [5.74, 6) is 0. The normalized spacial score (nSPS) is 12.4. The van der Waals surface area contributed by atoms with Crippen LogP contribution in [0.25, 0.3) is 0 Å². The third-order valence-electron chi connectivity index (χ3n) is 2.91. The standard InChI is InChI=1S/C16H16Cl2/c1-11-6-12(2)8-14(7-11)16(18)10-13-4-3-5-15(17)9-13/h3-9,16H,10H2,1-2H3. The van der Waals surface area contributed by atoms with Crippen molar-refractivity contribution >= 4 is 23.2 Å². The Hall–Kier alpha value is -0.980. The maximum Gasteiger partial charge on any atom is 0.0625 e. The number of aryl methyl sites for hydroxylation is 2. The molecule has 2 aromatic rings. The molecule has 0 spiro atoms. The van der Waals surface area contributed by atoms with E-state index in [4.69, 9.17) is 23.2 Å². The molecule has 0 amide bonds. The summed E-state index contributed by atoms with van der Waals surface area (Å²) >= 11 is 12.5. The molecule has 0 saturated carbocycles. The summed E-state index contributed by atoms with van der Waals surface area (Å²) in [6.07, 6.45) is 0.797. The van der Waals surface area contributed by atoms with Gasteiger partial charge in [-0.1, -0.05) is 53.1 Å². The van der Waals surface area contributed by atoms with Gasteiger partial charge in [-0.05, 0) is 43.5 Å². The minimum absolute atomic E-state index is 0.0120. The molecule has 0 aromatic heterocycles. The fourth-order valence-corrected chi connectivity index (χ4v) is 2.70. The van der Waals surface area contributed by atoms with Gasteiger partial charge < -0.3 is 0 Å². The molecule has 0 heterocycles. The summed E-state index contributed by atoms with van der Waals surface area (Å²) in [6.45, 7) is 4.19. The van der Waals surface area contributed by atoms with Gasteiger partial charge in [0.1, 0.15) is 0 Å². The molecule has 0 nitrogen and oxygen atoms in total. The van der Waals surface area contributed by atoms with Gasteiger partial charge in [0, 0.05) is 5.02 Å². The van der Waals surface area contributed by atoms with Gasteiger partial charge in [-0.15, -0.1) is 11.6 Å². The number of rotatable bonds is 3. The Kier molecular flexibility index (Phi) is 4.31. The fourth-order valence-electron chi connectivity index (χ4n) is 2.18. The van der Waals surface area contributed by atoms with Crippen LogP contribution in [0.2, 0.25) is 5.02 Å². The van der Waals surface area contributed by atoms with Crippen LogP contribution >= 0.6 is 23.2 Å². The van der Waals surface area contributed by atoms with Gasteiger partial charge in [-0.2, -0.15) is 0 Å². The van der Waals surface area contributed by atoms with Gasteiger partial charge >= 0.3 is 0 Å². The van der Waals surface area contributed by atoms with Crippen LogP contribution in [0.3, 0.4) is 0 Å². The van der Waals surface area contributed by atoms with E-state index >= 15 is 0 Å². The van der Waals surface area contributed by atoms with E-state index in [0.717, 1.165) is 11.4 Å². The van der Waals surface area contributed by atoms with Gasteiger partial charge in [0.15, 0.2) is 0 Å². The molecule has 0 fully saturated rings. The lowest BCUT2D eigenvalue weighted by molar-refractivity contribution is 0.916. The average molecular weight is 279 g/mol. The predicted octanol–water partition coefficient (Wildman–Crippen LogP) is 5.48. The summed E-state index contributed by atoms with van der Waals surface area (Å²) in [7, 11) is 0. The summed E-state index contributed by atoms with van der Waals surface area (Å²) in [6, 6.07) is 14.3. The second-order valence-corrected chi connectivity index (χ2v) is 5.69. The van der Waals surface area contributed by atoms with Gasteiger partial charge in [-0.25, -0.2) is 0 Å². The van der Waals surface area contributed by atoms with Gasteiger partial charge in [0.05, 0.1) is 5.38 Å². The van der Waals surface area contributed by atoms with E-state index in [1.165, 1.54) is 22.3 Å². The molecule has 18 heavy (non-hydrogen) atoms. The van der Waals surface area contributed by atoms with E-state index in [-0.39, 0.29) is 5.38 Å². The van der Waals surface area contributed by atoms with Crippen molar-refractivity contribution in [3.05, 3.63) is 69.7 Å². The van der Waals surface area contributed by atoms with E-state index < -0.39 is 0 Å². The number of benzene rings is 2. The molecule has 0 aliphatic heterocycles. The third kappa shape index (κ3) is 3.51. The zero-order valence-electron chi connectivity index (χ0n) is 10.6. The fraction of sp³-hybridized carbons (Fsp3) is 0.250. The molecule has 0 aliphatic rings. The highest BCUT2D eigenvalue weighted by Crippen LogP contribution is 2.27. The van der Waals surface area contributed by atoms with Crippen molar-refractivity contribution in [3.8, 4) is 0 Å². The van der Waals surface area contributed by atoms with Crippen LogP contribution in [0, 0.1) is 13.8 Å². The van der Waals surface area contributed by atoms with Crippen LogP contribution in [0.5, 0.6) is 0 Å². The molecule has 0 radical (unpaired) electrons. The Balaban J connectivity index is 2.19. The molecule has 1 atom stereocenters. The maximum absolute atomic E-state index is 6.49. The Morgan fingerprint density at radius 1 is 1.00 bits per heavy atom. The summed E-state index contributed by atoms with van der Waals surface area (Å²) in [4.78, 5) is 0. The van der Waals surface area contributed by atoms with Crippen LogP contribution in [0.4, 0.5) is 0 Å². The first-order valence-electron chi connectivity index (χ1n) is 6.01. The number of alkyl halides is 1. The molecular formula is C16H16Cl2. The highest BCUT2D eigenvalue weighted by molar-refractivity contribution is 6.30. The summed E-state index contributed by atoms with van der Waals surface area (Å²) in [5.41, 5.74) is 4.85. The number of halogens is 2. The monoisotopic (exact) mass is 278 g/mol. The van der Waals surface area contributed by atoms with Crippen molar-refractivity contribution in [1.82, 2.24) is 0 Å². The van der Waals surface area contributed by atoms with E-state index in [1.54, 1.807) is 0 Å². The van der Waals surface area contributed by atoms with Gasteiger partial charge in [0.2, 0.25) is 0 Å². The lowest BCUT2D eigenvalue weighted by Gasteiger charge is -2.12. The Morgan fingerprint density at radius 2 is 1.67 bits per heavy atom. The molecule has 0 bridgehead atoms. The van der Waals surface area contributed by atoms with E-state index in [9.17, 15) is 0 Å². The SMILES string of the molecule is Cc1cc(C)cc(C(Cl)Cc2cccc(Cl)c2)c1. The zero-order valence-corrected chi connectivity index (χ0v) is 12.1. The Labute approximate surface area is 119 Å². The second-order valence-electron chi connectivity index (χ2n) is 4.72. The van der Waals surface area contributed by atoms with E-state index in [0.29, 0.717) is 0 Å². The molecule has 2 rings (SSSR count). The highest BCUT2D eigenvalue weighted by Gasteiger charge is 2.10. The first-order chi connectivity index (χ1) is 8.54. The van der Waals surface area contributed by atoms with Crippen molar-refractivity contribution < 1.29 is 0 Å². The molecule has 0 aliphatic carbocycles. The molecule has 0 saturated heterocycles. The number of hydrogen-bond donors (Lipinski definition) is 0. The zero-order chi connectivity index (χ0) is 13.1. The quantitative estimate of drug-likeness (QED) is 0.653. The van der Waals surface area contributed by atoms with Crippen LogP contribution in [-0.4, -0.2) is 0 Å². The Bertz CT molecular complexity index is 526. The van der Waals surface area contributed by atoms with Crippen molar-refractivity contribution in [1.29, 1.82) is 0 Å². The maximum atomic E-state index is 6.49. The molecular weight excluding hydrogens is 263 g/mol. The lowest BCUT2D eigenvalue weighted by atomic mass is 10.0. The predicted molar refractivity (Wildman–Crippen MR) is 79.7 cm³/mol. The Morgan fingerprint density at radius 3 is 2.28 bits per heavy atom. The summed E-state index contributed by atoms with van der Waals surface area (Å²) in [5, 5.41) is 0.749. The molecule has 2 heteroatoms. The van der Waals surface area contributed by atoms with Crippen molar-refractivity contribution in [2.45, 2.75) is 25.6 Å². The second kappa shape index (κ2) is 5.77. The lowest BCUT2D eigenvalue weighted by Crippen LogP contribution is -1.97. The van der Waals surface area contributed by atoms with Crippen LogP contribution < -0.4 is 0 Å². The molecule has 1 unspecified atom stereocenters. The van der Waals surface area contributed by atoms with E-state index in [1.807, 2.05) is 18.2 Å². The van der Waals surface area contributed by atoms with Crippen molar-refractivity contribution in [2.75, 3.05) is 0 Å². The van der Waals surface area contributed by atoms with E-state index in [2.05, 4.69) is 38.1 Å². The molecule has 2 aromatic carbocycles. The van der Waals surface area contributed by atoms with Crippen molar-refractivity contribution in [2.24, 2.45) is 0 Å². The smallest absolute Gasteiger partial charge is 0.0625 e. The van der Waals surface area contributed by atoms with Crippen LogP contribution in [0.1, 0.15) is 27.6 Å². The largest absolute Gasteiger partial charge is 0.117 e. The molecule has 0 N–H and O–H groups in total. The highest BCUT2D eigenvalue weighted by atomic mass is 35.5. The average Bonchev–Trinajstić information content (AvgIpc) is 2.27. The first-order valence-corrected chi connectivity index (χ1v) is 6.83. The minimum atomic E-state index is -0.0120. The van der Waals surface area contributed by atoms with Gasteiger partial charge in [-0.3, -0.25) is 0 Å².